The van der Waals surface area contributed by atoms with Crippen LogP contribution in [-0.4, -0.2) is 51.2 Å². The van der Waals surface area contributed by atoms with Crippen molar-refractivity contribution in [1.82, 2.24) is 9.62 Å². The molecule has 1 aromatic rings. The standard InChI is InChI=1S/C18H28N2O3S/c1-12(2)18-10-20-9-15(8-16(20)11-23-18)19-24(21,22)17-6-13(3)5-14(4)7-17/h5-7,12,15-16,18-19H,8-11H2,1-4H3/t15-,16-,18-/m0/s1. The maximum atomic E-state index is 12.7. The molecule has 3 atom stereocenters. The van der Waals surface area contributed by atoms with Crippen molar-refractivity contribution >= 4 is 10.0 Å². The second-order valence-corrected chi connectivity index (χ2v) is 9.31. The van der Waals surface area contributed by atoms with Crippen LogP contribution in [0, 0.1) is 19.8 Å². The Morgan fingerprint density at radius 2 is 1.83 bits per heavy atom. The monoisotopic (exact) mass is 352 g/mol. The zero-order valence-corrected chi connectivity index (χ0v) is 15.8. The number of benzene rings is 1. The van der Waals surface area contributed by atoms with Crippen LogP contribution in [-0.2, 0) is 14.8 Å². The summed E-state index contributed by atoms with van der Waals surface area (Å²) in [5.74, 6) is 0.483. The number of nitrogens with one attached hydrogen (secondary N) is 1. The van der Waals surface area contributed by atoms with E-state index in [1.165, 1.54) is 0 Å². The summed E-state index contributed by atoms with van der Waals surface area (Å²) in [5, 5.41) is 0. The molecule has 0 unspecified atom stereocenters. The van der Waals surface area contributed by atoms with Crippen LogP contribution in [0.4, 0.5) is 0 Å². The number of fused-ring (bicyclic) bond motifs is 1. The molecule has 0 saturated carbocycles. The first-order valence-corrected chi connectivity index (χ1v) is 10.2. The Bertz CT molecular complexity index is 682. The highest BCUT2D eigenvalue weighted by Crippen LogP contribution is 2.27. The third kappa shape index (κ3) is 3.82. The SMILES string of the molecule is Cc1cc(C)cc(S(=O)(=O)N[C@H]2C[C@H]3CO[C@H](C(C)C)CN3C2)c1. The van der Waals surface area contributed by atoms with Crippen molar-refractivity contribution in [3.05, 3.63) is 29.3 Å². The topological polar surface area (TPSA) is 58.6 Å². The molecule has 6 heteroatoms. The molecular formula is C18H28N2O3S. The van der Waals surface area contributed by atoms with E-state index in [1.54, 1.807) is 12.1 Å². The highest BCUT2D eigenvalue weighted by Gasteiger charge is 2.39. The molecule has 0 aromatic heterocycles. The van der Waals surface area contributed by atoms with E-state index in [9.17, 15) is 8.42 Å². The fraction of sp³-hybridized carbons (Fsp3) is 0.667. The van der Waals surface area contributed by atoms with Crippen molar-refractivity contribution in [2.45, 2.75) is 57.2 Å². The quantitative estimate of drug-likeness (QED) is 0.901. The molecule has 0 spiro atoms. The summed E-state index contributed by atoms with van der Waals surface area (Å²) < 4.78 is 34.3. The van der Waals surface area contributed by atoms with Crippen molar-refractivity contribution in [2.75, 3.05) is 19.7 Å². The average molecular weight is 353 g/mol. The minimum atomic E-state index is -3.48. The fourth-order valence-electron chi connectivity index (χ4n) is 3.76. The van der Waals surface area contributed by atoms with Gasteiger partial charge in [-0.15, -0.1) is 0 Å². The van der Waals surface area contributed by atoms with Gasteiger partial charge < -0.3 is 4.74 Å². The summed E-state index contributed by atoms with van der Waals surface area (Å²) in [7, 11) is -3.48. The van der Waals surface area contributed by atoms with Crippen LogP contribution in [0.3, 0.4) is 0 Å². The van der Waals surface area contributed by atoms with Gasteiger partial charge in [-0.3, -0.25) is 4.90 Å². The van der Waals surface area contributed by atoms with Crippen molar-refractivity contribution in [3.63, 3.8) is 0 Å². The first-order valence-electron chi connectivity index (χ1n) is 8.71. The van der Waals surface area contributed by atoms with Crippen LogP contribution >= 0.6 is 0 Å². The van der Waals surface area contributed by atoms with Gasteiger partial charge in [0.1, 0.15) is 0 Å². The number of aryl methyl sites for hydroxylation is 2. The number of rotatable bonds is 4. The Morgan fingerprint density at radius 1 is 1.17 bits per heavy atom. The predicted molar refractivity (Wildman–Crippen MR) is 94.6 cm³/mol. The van der Waals surface area contributed by atoms with E-state index in [0.29, 0.717) is 23.5 Å². The Labute approximate surface area is 145 Å². The maximum Gasteiger partial charge on any atom is 0.240 e. The lowest BCUT2D eigenvalue weighted by Gasteiger charge is -2.36. The molecule has 2 heterocycles. The van der Waals surface area contributed by atoms with Crippen LogP contribution in [0.1, 0.15) is 31.4 Å². The molecule has 2 aliphatic heterocycles. The number of morpholine rings is 1. The molecule has 5 nitrogen and oxygen atoms in total. The molecule has 1 N–H and O–H groups in total. The van der Waals surface area contributed by atoms with Gasteiger partial charge in [-0.25, -0.2) is 13.1 Å². The number of hydrogen-bond donors (Lipinski definition) is 1. The molecule has 2 saturated heterocycles. The highest BCUT2D eigenvalue weighted by molar-refractivity contribution is 7.89. The fourth-order valence-corrected chi connectivity index (χ4v) is 5.19. The summed E-state index contributed by atoms with van der Waals surface area (Å²) in [6.07, 6.45) is 1.06. The van der Waals surface area contributed by atoms with E-state index >= 15 is 0 Å². The van der Waals surface area contributed by atoms with Crippen molar-refractivity contribution < 1.29 is 13.2 Å². The zero-order chi connectivity index (χ0) is 17.5. The molecule has 0 radical (unpaired) electrons. The Hall–Kier alpha value is -0.950. The summed E-state index contributed by atoms with van der Waals surface area (Å²) in [5.41, 5.74) is 1.93. The van der Waals surface area contributed by atoms with Crippen LogP contribution in [0.2, 0.25) is 0 Å². The van der Waals surface area contributed by atoms with Crippen molar-refractivity contribution in [3.8, 4) is 0 Å². The summed E-state index contributed by atoms with van der Waals surface area (Å²) in [4.78, 5) is 2.74. The van der Waals surface area contributed by atoms with Crippen molar-refractivity contribution in [1.29, 1.82) is 0 Å². The molecule has 24 heavy (non-hydrogen) atoms. The summed E-state index contributed by atoms with van der Waals surface area (Å²) in [6, 6.07) is 5.73. The molecule has 2 aliphatic rings. The zero-order valence-electron chi connectivity index (χ0n) is 15.0. The van der Waals surface area contributed by atoms with Crippen LogP contribution in [0.25, 0.3) is 0 Å². The van der Waals surface area contributed by atoms with Gasteiger partial charge in [-0.1, -0.05) is 19.9 Å². The lowest BCUT2D eigenvalue weighted by atomic mass is 10.0. The lowest BCUT2D eigenvalue weighted by molar-refractivity contribution is -0.0683. The van der Waals surface area contributed by atoms with E-state index in [0.717, 1.165) is 30.6 Å². The lowest BCUT2D eigenvalue weighted by Crippen LogP contribution is -2.48. The second kappa shape index (κ2) is 6.75. The molecule has 134 valence electrons. The minimum absolute atomic E-state index is 0.0460. The molecule has 0 amide bonds. The van der Waals surface area contributed by atoms with Gasteiger partial charge in [0.05, 0.1) is 17.6 Å². The van der Waals surface area contributed by atoms with Gasteiger partial charge >= 0.3 is 0 Å². The third-order valence-corrected chi connectivity index (χ3v) is 6.52. The first-order chi connectivity index (χ1) is 11.2. The number of sulfonamides is 1. The summed E-state index contributed by atoms with van der Waals surface area (Å²) in [6.45, 7) is 10.5. The highest BCUT2D eigenvalue weighted by atomic mass is 32.2. The Morgan fingerprint density at radius 3 is 2.46 bits per heavy atom. The van der Waals surface area contributed by atoms with E-state index in [1.807, 2.05) is 19.9 Å². The van der Waals surface area contributed by atoms with E-state index < -0.39 is 10.0 Å². The largest absolute Gasteiger partial charge is 0.375 e. The average Bonchev–Trinajstić information content (AvgIpc) is 2.86. The van der Waals surface area contributed by atoms with Gasteiger partial charge in [0.25, 0.3) is 0 Å². The van der Waals surface area contributed by atoms with Crippen molar-refractivity contribution in [2.24, 2.45) is 5.92 Å². The smallest absolute Gasteiger partial charge is 0.240 e. The molecule has 0 aliphatic carbocycles. The van der Waals surface area contributed by atoms with Crippen LogP contribution < -0.4 is 4.72 Å². The molecule has 1 aromatic carbocycles. The van der Waals surface area contributed by atoms with Crippen LogP contribution in [0.15, 0.2) is 23.1 Å². The van der Waals surface area contributed by atoms with E-state index in [2.05, 4.69) is 23.5 Å². The number of nitrogens with zero attached hydrogens (tertiary/aromatic N) is 1. The van der Waals surface area contributed by atoms with E-state index in [4.69, 9.17) is 4.74 Å². The molecule has 0 bridgehead atoms. The van der Waals surface area contributed by atoms with Gasteiger partial charge in [0.15, 0.2) is 0 Å². The minimum Gasteiger partial charge on any atom is -0.375 e. The molecular weight excluding hydrogens is 324 g/mol. The number of hydrogen-bond acceptors (Lipinski definition) is 4. The Balaban J connectivity index is 1.68. The van der Waals surface area contributed by atoms with Crippen LogP contribution in [0.5, 0.6) is 0 Å². The summed E-state index contributed by atoms with van der Waals surface area (Å²) >= 11 is 0. The Kier molecular flexibility index (Phi) is 5.02. The first kappa shape index (κ1) is 17.9. The molecule has 3 rings (SSSR count). The third-order valence-electron chi connectivity index (χ3n) is 5.02. The van der Waals surface area contributed by atoms with E-state index in [-0.39, 0.29) is 12.1 Å². The van der Waals surface area contributed by atoms with Gasteiger partial charge in [-0.2, -0.15) is 0 Å². The predicted octanol–water partition coefficient (Wildman–Crippen LogP) is 2.08. The normalized spacial score (nSPS) is 28.3. The second-order valence-electron chi connectivity index (χ2n) is 7.60. The van der Waals surface area contributed by atoms with Gasteiger partial charge in [-0.05, 0) is 49.4 Å². The number of ether oxygens (including phenoxy) is 1. The molecule has 2 fully saturated rings. The van der Waals surface area contributed by atoms with Gasteiger partial charge in [0, 0.05) is 25.2 Å². The maximum absolute atomic E-state index is 12.7. The van der Waals surface area contributed by atoms with Gasteiger partial charge in [0.2, 0.25) is 10.0 Å².